The largest absolute Gasteiger partial charge is 0.378 e. The molecule has 0 aliphatic carbocycles. The van der Waals surface area contributed by atoms with Crippen molar-refractivity contribution in [3.63, 3.8) is 0 Å². The third-order valence-electron chi connectivity index (χ3n) is 2.93. The minimum absolute atomic E-state index is 0.139. The topological polar surface area (TPSA) is 38.3 Å². The van der Waals surface area contributed by atoms with Crippen LogP contribution in [0.3, 0.4) is 0 Å². The van der Waals surface area contributed by atoms with Gasteiger partial charge in [0.1, 0.15) is 0 Å². The SMILES string of the molecule is CC(C)C(Br)CNC(=O)CCC1CCCO1. The summed E-state index contributed by atoms with van der Waals surface area (Å²) in [5.74, 6) is 0.680. The molecule has 1 amide bonds. The van der Waals surface area contributed by atoms with Crippen molar-refractivity contribution >= 4 is 21.8 Å². The Kier molecular flexibility index (Phi) is 6.36. The average Bonchev–Trinajstić information content (AvgIpc) is 2.75. The quantitative estimate of drug-likeness (QED) is 0.764. The second-order valence-electron chi connectivity index (χ2n) is 4.74. The normalized spacial score (nSPS) is 22.4. The molecule has 1 saturated heterocycles. The number of halogens is 1. The zero-order valence-electron chi connectivity index (χ0n) is 10.2. The standard InChI is InChI=1S/C12H22BrNO2/c1-9(2)11(13)8-14-12(15)6-5-10-4-3-7-16-10/h9-11H,3-8H2,1-2H3,(H,14,15). The molecule has 94 valence electrons. The van der Waals surface area contributed by atoms with Crippen LogP contribution in [0.2, 0.25) is 0 Å². The van der Waals surface area contributed by atoms with Crippen molar-refractivity contribution in [3.8, 4) is 0 Å². The van der Waals surface area contributed by atoms with E-state index in [2.05, 4.69) is 35.1 Å². The first-order valence-corrected chi connectivity index (χ1v) is 7.03. The van der Waals surface area contributed by atoms with Crippen molar-refractivity contribution in [2.45, 2.75) is 50.5 Å². The van der Waals surface area contributed by atoms with Crippen LogP contribution in [0.25, 0.3) is 0 Å². The Morgan fingerprint density at radius 3 is 2.88 bits per heavy atom. The summed E-state index contributed by atoms with van der Waals surface area (Å²) in [6, 6.07) is 0. The highest BCUT2D eigenvalue weighted by molar-refractivity contribution is 9.09. The Labute approximate surface area is 106 Å². The first-order valence-electron chi connectivity index (χ1n) is 6.12. The van der Waals surface area contributed by atoms with Gasteiger partial charge in [0.2, 0.25) is 5.91 Å². The molecule has 0 radical (unpaired) electrons. The molecule has 0 bridgehead atoms. The summed E-state index contributed by atoms with van der Waals surface area (Å²) >= 11 is 3.55. The molecule has 2 atom stereocenters. The van der Waals surface area contributed by atoms with Crippen LogP contribution in [-0.2, 0) is 9.53 Å². The number of carbonyl (C=O) groups is 1. The van der Waals surface area contributed by atoms with Gasteiger partial charge in [-0.3, -0.25) is 4.79 Å². The number of carbonyl (C=O) groups excluding carboxylic acids is 1. The van der Waals surface area contributed by atoms with Gasteiger partial charge < -0.3 is 10.1 Å². The van der Waals surface area contributed by atoms with E-state index in [1.807, 2.05) is 0 Å². The molecular formula is C12H22BrNO2. The Balaban J connectivity index is 2.06. The van der Waals surface area contributed by atoms with E-state index in [0.717, 1.165) is 25.9 Å². The van der Waals surface area contributed by atoms with Crippen LogP contribution in [0.1, 0.15) is 39.5 Å². The van der Waals surface area contributed by atoms with Gasteiger partial charge in [-0.25, -0.2) is 0 Å². The molecule has 0 aromatic carbocycles. The number of hydrogen-bond acceptors (Lipinski definition) is 2. The lowest BCUT2D eigenvalue weighted by molar-refractivity contribution is -0.121. The zero-order chi connectivity index (χ0) is 12.0. The van der Waals surface area contributed by atoms with E-state index in [4.69, 9.17) is 4.74 Å². The van der Waals surface area contributed by atoms with Gasteiger partial charge in [0.15, 0.2) is 0 Å². The van der Waals surface area contributed by atoms with E-state index in [0.29, 0.717) is 29.8 Å². The van der Waals surface area contributed by atoms with E-state index >= 15 is 0 Å². The first-order chi connectivity index (χ1) is 7.59. The number of amides is 1. The van der Waals surface area contributed by atoms with Crippen molar-refractivity contribution in [2.75, 3.05) is 13.2 Å². The van der Waals surface area contributed by atoms with Crippen molar-refractivity contribution in [3.05, 3.63) is 0 Å². The van der Waals surface area contributed by atoms with E-state index in [1.54, 1.807) is 0 Å². The Morgan fingerprint density at radius 2 is 2.31 bits per heavy atom. The van der Waals surface area contributed by atoms with Crippen LogP contribution >= 0.6 is 15.9 Å². The van der Waals surface area contributed by atoms with Gasteiger partial charge in [0.25, 0.3) is 0 Å². The Morgan fingerprint density at radius 1 is 1.56 bits per heavy atom. The molecule has 3 nitrogen and oxygen atoms in total. The number of nitrogens with one attached hydrogen (secondary N) is 1. The van der Waals surface area contributed by atoms with E-state index < -0.39 is 0 Å². The number of ether oxygens (including phenoxy) is 1. The van der Waals surface area contributed by atoms with E-state index in [-0.39, 0.29) is 5.91 Å². The fourth-order valence-electron chi connectivity index (χ4n) is 1.70. The summed E-state index contributed by atoms with van der Waals surface area (Å²) < 4.78 is 5.48. The van der Waals surface area contributed by atoms with Gasteiger partial charge >= 0.3 is 0 Å². The lowest BCUT2D eigenvalue weighted by Gasteiger charge is -2.15. The minimum Gasteiger partial charge on any atom is -0.378 e. The zero-order valence-corrected chi connectivity index (χ0v) is 11.8. The summed E-state index contributed by atoms with van der Waals surface area (Å²) in [6.45, 7) is 5.85. The number of hydrogen-bond donors (Lipinski definition) is 1. The summed E-state index contributed by atoms with van der Waals surface area (Å²) in [5, 5.41) is 2.95. The molecule has 1 N–H and O–H groups in total. The van der Waals surface area contributed by atoms with Crippen molar-refractivity contribution in [1.29, 1.82) is 0 Å². The van der Waals surface area contributed by atoms with Crippen LogP contribution < -0.4 is 5.32 Å². The van der Waals surface area contributed by atoms with Gasteiger partial charge in [-0.1, -0.05) is 29.8 Å². The highest BCUT2D eigenvalue weighted by Gasteiger charge is 2.17. The smallest absolute Gasteiger partial charge is 0.220 e. The second kappa shape index (κ2) is 7.28. The highest BCUT2D eigenvalue weighted by Crippen LogP contribution is 2.16. The first kappa shape index (κ1) is 14.0. The molecule has 16 heavy (non-hydrogen) atoms. The van der Waals surface area contributed by atoms with Crippen LogP contribution in [0.4, 0.5) is 0 Å². The predicted molar refractivity (Wildman–Crippen MR) is 68.8 cm³/mol. The van der Waals surface area contributed by atoms with Crippen LogP contribution in [0.15, 0.2) is 0 Å². The monoisotopic (exact) mass is 291 g/mol. The van der Waals surface area contributed by atoms with Crippen LogP contribution in [0.5, 0.6) is 0 Å². The molecular weight excluding hydrogens is 270 g/mol. The molecule has 1 aliphatic rings. The van der Waals surface area contributed by atoms with Gasteiger partial charge in [0, 0.05) is 24.4 Å². The maximum atomic E-state index is 11.5. The van der Waals surface area contributed by atoms with Crippen molar-refractivity contribution in [1.82, 2.24) is 5.32 Å². The molecule has 0 spiro atoms. The van der Waals surface area contributed by atoms with Crippen LogP contribution in [-0.4, -0.2) is 30.0 Å². The molecule has 1 aliphatic heterocycles. The molecule has 0 aromatic rings. The lowest BCUT2D eigenvalue weighted by atomic mass is 10.1. The van der Waals surface area contributed by atoms with Gasteiger partial charge in [0.05, 0.1) is 6.10 Å². The number of rotatable bonds is 6. The maximum absolute atomic E-state index is 11.5. The molecule has 0 aromatic heterocycles. The second-order valence-corrected chi connectivity index (χ2v) is 5.91. The van der Waals surface area contributed by atoms with Gasteiger partial charge in [-0.15, -0.1) is 0 Å². The fraction of sp³-hybridized carbons (Fsp3) is 0.917. The van der Waals surface area contributed by atoms with Crippen molar-refractivity contribution < 1.29 is 9.53 Å². The average molecular weight is 292 g/mol. The molecule has 2 unspecified atom stereocenters. The Hall–Kier alpha value is -0.0900. The molecule has 1 heterocycles. The van der Waals surface area contributed by atoms with Gasteiger partial charge in [-0.2, -0.15) is 0 Å². The summed E-state index contributed by atoms with van der Waals surface area (Å²) in [4.78, 5) is 11.9. The lowest BCUT2D eigenvalue weighted by Crippen LogP contribution is -2.32. The van der Waals surface area contributed by atoms with Crippen LogP contribution in [0, 0.1) is 5.92 Å². The molecule has 0 saturated carbocycles. The number of alkyl halides is 1. The molecule has 1 rings (SSSR count). The van der Waals surface area contributed by atoms with E-state index in [1.165, 1.54) is 0 Å². The van der Waals surface area contributed by atoms with Crippen molar-refractivity contribution in [2.24, 2.45) is 5.92 Å². The highest BCUT2D eigenvalue weighted by atomic mass is 79.9. The van der Waals surface area contributed by atoms with Gasteiger partial charge in [-0.05, 0) is 25.2 Å². The molecule has 1 fully saturated rings. The minimum atomic E-state index is 0.139. The fourth-order valence-corrected chi connectivity index (χ4v) is 1.86. The summed E-state index contributed by atoms with van der Waals surface area (Å²) in [5.41, 5.74) is 0. The Bertz CT molecular complexity index is 207. The van der Waals surface area contributed by atoms with E-state index in [9.17, 15) is 4.79 Å². The molecule has 4 heteroatoms. The summed E-state index contributed by atoms with van der Waals surface area (Å²) in [7, 11) is 0. The third-order valence-corrected chi connectivity index (χ3v) is 4.32. The third kappa shape index (κ3) is 5.30. The summed E-state index contributed by atoms with van der Waals surface area (Å²) in [6.07, 6.45) is 4.02. The predicted octanol–water partition coefficient (Wildman–Crippen LogP) is 2.48. The maximum Gasteiger partial charge on any atom is 0.220 e.